The topological polar surface area (TPSA) is 81.7 Å². The summed E-state index contributed by atoms with van der Waals surface area (Å²) in [5.41, 5.74) is 0.898. The van der Waals surface area contributed by atoms with Crippen LogP contribution in [0.4, 0.5) is 5.00 Å². The standard InChI is InChI=1S/C20H22ClNO5S/c1-5-26-19(24)15-12(4)16(20(25)27-10-11(2)3)28-18(15)22-17(23)13-7-6-8-14(21)9-13/h6-9,11H,5,10H2,1-4H3,(H,22,23). The molecule has 1 aromatic carbocycles. The number of anilines is 1. The molecule has 0 saturated carbocycles. The monoisotopic (exact) mass is 423 g/mol. The zero-order valence-corrected chi connectivity index (χ0v) is 17.7. The number of hydrogen-bond acceptors (Lipinski definition) is 6. The van der Waals surface area contributed by atoms with Gasteiger partial charge in [-0.2, -0.15) is 0 Å². The van der Waals surface area contributed by atoms with Gasteiger partial charge in [-0.3, -0.25) is 4.79 Å². The van der Waals surface area contributed by atoms with E-state index in [1.54, 1.807) is 32.0 Å². The molecule has 0 radical (unpaired) electrons. The number of thiophene rings is 1. The van der Waals surface area contributed by atoms with E-state index in [4.69, 9.17) is 21.1 Å². The lowest BCUT2D eigenvalue weighted by molar-refractivity contribution is 0.0464. The van der Waals surface area contributed by atoms with Gasteiger partial charge in [-0.1, -0.05) is 31.5 Å². The lowest BCUT2D eigenvalue weighted by Gasteiger charge is -2.07. The number of ether oxygens (including phenoxy) is 2. The van der Waals surface area contributed by atoms with Crippen molar-refractivity contribution in [2.45, 2.75) is 27.7 Å². The highest BCUT2D eigenvalue weighted by Crippen LogP contribution is 2.34. The van der Waals surface area contributed by atoms with E-state index in [-0.39, 0.29) is 34.6 Å². The molecule has 0 aliphatic carbocycles. The molecule has 0 atom stereocenters. The normalized spacial score (nSPS) is 10.6. The maximum atomic E-state index is 12.6. The Morgan fingerprint density at radius 1 is 1.18 bits per heavy atom. The van der Waals surface area contributed by atoms with E-state index in [1.807, 2.05) is 13.8 Å². The minimum Gasteiger partial charge on any atom is -0.462 e. The van der Waals surface area contributed by atoms with Gasteiger partial charge >= 0.3 is 11.9 Å². The van der Waals surface area contributed by atoms with E-state index in [0.717, 1.165) is 11.3 Å². The second-order valence-corrected chi connectivity index (χ2v) is 7.89. The zero-order valence-electron chi connectivity index (χ0n) is 16.1. The molecule has 1 aromatic heterocycles. The van der Waals surface area contributed by atoms with Crippen molar-refractivity contribution in [3.05, 3.63) is 50.9 Å². The van der Waals surface area contributed by atoms with Crippen molar-refractivity contribution in [2.75, 3.05) is 18.5 Å². The van der Waals surface area contributed by atoms with Crippen LogP contribution in [0.2, 0.25) is 5.02 Å². The summed E-state index contributed by atoms with van der Waals surface area (Å²) in [6.45, 7) is 7.59. The summed E-state index contributed by atoms with van der Waals surface area (Å²) in [4.78, 5) is 37.7. The fraction of sp³-hybridized carbons (Fsp3) is 0.350. The number of hydrogen-bond donors (Lipinski definition) is 1. The number of benzene rings is 1. The average molecular weight is 424 g/mol. The first-order valence-corrected chi connectivity index (χ1v) is 9.98. The Bertz CT molecular complexity index is 891. The van der Waals surface area contributed by atoms with Gasteiger partial charge in [0.2, 0.25) is 0 Å². The van der Waals surface area contributed by atoms with Gasteiger partial charge in [-0.25, -0.2) is 9.59 Å². The minimum absolute atomic E-state index is 0.152. The van der Waals surface area contributed by atoms with Gasteiger partial charge < -0.3 is 14.8 Å². The third-order valence-corrected chi connectivity index (χ3v) is 5.10. The number of esters is 2. The van der Waals surface area contributed by atoms with Crippen molar-refractivity contribution in [3.8, 4) is 0 Å². The van der Waals surface area contributed by atoms with E-state index in [2.05, 4.69) is 5.32 Å². The average Bonchev–Trinajstić information content (AvgIpc) is 2.96. The molecule has 2 rings (SSSR count). The first kappa shape index (κ1) is 21.9. The Kier molecular flexibility index (Phi) is 7.60. The number of rotatable bonds is 7. The lowest BCUT2D eigenvalue weighted by Crippen LogP contribution is -2.15. The summed E-state index contributed by atoms with van der Waals surface area (Å²) in [7, 11) is 0. The molecule has 0 aliphatic rings. The summed E-state index contributed by atoms with van der Waals surface area (Å²) in [5.74, 6) is -1.42. The van der Waals surface area contributed by atoms with Gasteiger partial charge in [0.1, 0.15) is 9.88 Å². The highest BCUT2D eigenvalue weighted by molar-refractivity contribution is 7.18. The third kappa shape index (κ3) is 5.33. The van der Waals surface area contributed by atoms with Gasteiger partial charge in [-0.15, -0.1) is 11.3 Å². The van der Waals surface area contributed by atoms with Crippen molar-refractivity contribution in [1.29, 1.82) is 0 Å². The zero-order chi connectivity index (χ0) is 20.8. The molecule has 2 aromatic rings. The van der Waals surface area contributed by atoms with E-state index >= 15 is 0 Å². The molecule has 6 nitrogen and oxygen atoms in total. The molecule has 28 heavy (non-hydrogen) atoms. The third-order valence-electron chi connectivity index (χ3n) is 3.67. The number of carbonyl (C=O) groups is 3. The highest BCUT2D eigenvalue weighted by Gasteiger charge is 2.27. The van der Waals surface area contributed by atoms with Crippen LogP contribution in [0, 0.1) is 12.8 Å². The van der Waals surface area contributed by atoms with Crippen LogP contribution in [-0.2, 0) is 9.47 Å². The van der Waals surface area contributed by atoms with Crippen LogP contribution in [0.3, 0.4) is 0 Å². The van der Waals surface area contributed by atoms with Crippen LogP contribution in [0.25, 0.3) is 0 Å². The maximum Gasteiger partial charge on any atom is 0.348 e. The molecule has 0 unspecified atom stereocenters. The first-order chi connectivity index (χ1) is 13.2. The van der Waals surface area contributed by atoms with Crippen LogP contribution in [-0.4, -0.2) is 31.1 Å². The summed E-state index contributed by atoms with van der Waals surface area (Å²) in [6.07, 6.45) is 0. The molecule has 1 heterocycles. The van der Waals surface area contributed by atoms with Gasteiger partial charge in [0.25, 0.3) is 5.91 Å². The summed E-state index contributed by atoms with van der Waals surface area (Å²) in [6, 6.07) is 6.42. The van der Waals surface area contributed by atoms with E-state index in [9.17, 15) is 14.4 Å². The largest absolute Gasteiger partial charge is 0.462 e. The van der Waals surface area contributed by atoms with Crippen molar-refractivity contribution < 1.29 is 23.9 Å². The summed E-state index contributed by atoms with van der Waals surface area (Å²) < 4.78 is 10.4. The van der Waals surface area contributed by atoms with E-state index in [1.165, 1.54) is 6.07 Å². The number of halogens is 1. The lowest BCUT2D eigenvalue weighted by atomic mass is 10.1. The Balaban J connectivity index is 2.38. The predicted octanol–water partition coefficient (Wildman–Crippen LogP) is 4.95. The molecular formula is C20H22ClNO5S. The molecule has 0 fully saturated rings. The second-order valence-electron chi connectivity index (χ2n) is 6.44. The second kappa shape index (κ2) is 9.71. The van der Waals surface area contributed by atoms with Gasteiger partial charge in [0.15, 0.2) is 0 Å². The van der Waals surface area contributed by atoms with Gasteiger partial charge in [0, 0.05) is 10.6 Å². The molecule has 1 N–H and O–H groups in total. The molecule has 150 valence electrons. The molecular weight excluding hydrogens is 402 g/mol. The first-order valence-electron chi connectivity index (χ1n) is 8.79. The highest BCUT2D eigenvalue weighted by atomic mass is 35.5. The van der Waals surface area contributed by atoms with Gasteiger partial charge in [-0.05, 0) is 43.5 Å². The summed E-state index contributed by atoms with van der Waals surface area (Å²) >= 11 is 6.92. The Morgan fingerprint density at radius 2 is 1.89 bits per heavy atom. The number of carbonyl (C=O) groups excluding carboxylic acids is 3. The summed E-state index contributed by atoms with van der Waals surface area (Å²) in [5, 5.41) is 3.34. The molecule has 1 amide bonds. The van der Waals surface area contributed by atoms with Crippen molar-refractivity contribution in [2.24, 2.45) is 5.92 Å². The molecule has 0 aliphatic heterocycles. The smallest absolute Gasteiger partial charge is 0.348 e. The van der Waals surface area contributed by atoms with Crippen LogP contribution in [0.5, 0.6) is 0 Å². The van der Waals surface area contributed by atoms with Crippen molar-refractivity contribution >= 4 is 45.8 Å². The van der Waals surface area contributed by atoms with Crippen LogP contribution >= 0.6 is 22.9 Å². The van der Waals surface area contributed by atoms with Crippen molar-refractivity contribution in [1.82, 2.24) is 0 Å². The fourth-order valence-electron chi connectivity index (χ4n) is 2.36. The van der Waals surface area contributed by atoms with Crippen molar-refractivity contribution in [3.63, 3.8) is 0 Å². The predicted molar refractivity (Wildman–Crippen MR) is 110 cm³/mol. The Morgan fingerprint density at radius 3 is 2.50 bits per heavy atom. The molecule has 8 heteroatoms. The fourth-order valence-corrected chi connectivity index (χ4v) is 3.63. The number of amides is 1. The quantitative estimate of drug-likeness (QED) is 0.637. The van der Waals surface area contributed by atoms with Crippen LogP contribution < -0.4 is 5.32 Å². The maximum absolute atomic E-state index is 12.6. The molecule has 0 spiro atoms. The Labute approximate surface area is 172 Å². The van der Waals surface area contributed by atoms with Crippen LogP contribution in [0.15, 0.2) is 24.3 Å². The molecule has 0 saturated heterocycles. The molecule has 0 bridgehead atoms. The SMILES string of the molecule is CCOC(=O)c1c(NC(=O)c2cccc(Cl)c2)sc(C(=O)OCC(C)C)c1C. The number of nitrogens with one attached hydrogen (secondary N) is 1. The Hall–Kier alpha value is -2.38. The van der Waals surface area contributed by atoms with E-state index < -0.39 is 17.8 Å². The van der Waals surface area contributed by atoms with Gasteiger partial charge in [0.05, 0.1) is 18.8 Å². The minimum atomic E-state index is -0.611. The van der Waals surface area contributed by atoms with Crippen LogP contribution in [0.1, 0.15) is 56.7 Å². The van der Waals surface area contributed by atoms with E-state index in [0.29, 0.717) is 16.1 Å².